The molecule has 1 atom stereocenters. The molecule has 0 saturated heterocycles. The van der Waals surface area contributed by atoms with E-state index in [-0.39, 0.29) is 6.03 Å². The Morgan fingerprint density at radius 2 is 1.71 bits per heavy atom. The molecule has 124 valence electrons. The average molecular weight is 296 g/mol. The van der Waals surface area contributed by atoms with E-state index in [1.165, 1.54) is 64.2 Å². The molecular weight excluding hydrogens is 260 g/mol. The lowest BCUT2D eigenvalue weighted by Gasteiger charge is -2.31. The molecule has 0 heterocycles. The SMILES string of the molecule is CCCCCCNC(=O)NC(CCCC)C1CCCCC1. The lowest BCUT2D eigenvalue weighted by molar-refractivity contribution is 0.216. The maximum Gasteiger partial charge on any atom is 0.315 e. The minimum Gasteiger partial charge on any atom is -0.338 e. The molecule has 21 heavy (non-hydrogen) atoms. The number of amides is 2. The third-order valence-electron chi connectivity index (χ3n) is 4.72. The van der Waals surface area contributed by atoms with Crippen LogP contribution in [-0.2, 0) is 0 Å². The number of hydrogen-bond donors (Lipinski definition) is 2. The van der Waals surface area contributed by atoms with Crippen molar-refractivity contribution in [2.24, 2.45) is 5.92 Å². The summed E-state index contributed by atoms with van der Waals surface area (Å²) in [5, 5.41) is 6.30. The van der Waals surface area contributed by atoms with Crippen molar-refractivity contribution in [3.05, 3.63) is 0 Å². The van der Waals surface area contributed by atoms with Gasteiger partial charge in [0.05, 0.1) is 0 Å². The zero-order valence-electron chi connectivity index (χ0n) is 14.3. The van der Waals surface area contributed by atoms with Crippen molar-refractivity contribution in [1.29, 1.82) is 0 Å². The first kappa shape index (κ1) is 18.3. The number of carbonyl (C=O) groups excluding carboxylic acids is 1. The fourth-order valence-corrected chi connectivity index (χ4v) is 3.36. The second kappa shape index (κ2) is 11.9. The highest BCUT2D eigenvalue weighted by Crippen LogP contribution is 2.28. The first-order valence-electron chi connectivity index (χ1n) is 9.32. The van der Waals surface area contributed by atoms with Crippen molar-refractivity contribution in [2.45, 2.75) is 96.9 Å². The van der Waals surface area contributed by atoms with Crippen molar-refractivity contribution in [3.63, 3.8) is 0 Å². The number of carbonyl (C=O) groups is 1. The molecule has 1 fully saturated rings. The highest BCUT2D eigenvalue weighted by Gasteiger charge is 2.24. The topological polar surface area (TPSA) is 41.1 Å². The lowest BCUT2D eigenvalue weighted by atomic mass is 9.82. The summed E-state index contributed by atoms with van der Waals surface area (Å²) in [5.74, 6) is 0.705. The van der Waals surface area contributed by atoms with E-state index in [9.17, 15) is 4.79 Å². The van der Waals surface area contributed by atoms with Crippen LogP contribution in [0.1, 0.15) is 90.9 Å². The van der Waals surface area contributed by atoms with Crippen LogP contribution in [0.4, 0.5) is 4.79 Å². The summed E-state index contributed by atoms with van der Waals surface area (Å²) in [5.41, 5.74) is 0. The molecule has 1 aliphatic carbocycles. The van der Waals surface area contributed by atoms with E-state index in [0.29, 0.717) is 12.0 Å². The number of unbranched alkanes of at least 4 members (excludes halogenated alkanes) is 4. The van der Waals surface area contributed by atoms with Gasteiger partial charge < -0.3 is 10.6 Å². The van der Waals surface area contributed by atoms with Crippen LogP contribution < -0.4 is 10.6 Å². The molecule has 1 saturated carbocycles. The quantitative estimate of drug-likeness (QED) is 0.547. The van der Waals surface area contributed by atoms with Crippen LogP contribution in [0, 0.1) is 5.92 Å². The minimum atomic E-state index is 0.0539. The van der Waals surface area contributed by atoms with Gasteiger partial charge in [0.1, 0.15) is 0 Å². The normalized spacial score (nSPS) is 17.4. The van der Waals surface area contributed by atoms with Crippen molar-refractivity contribution >= 4 is 6.03 Å². The summed E-state index contributed by atoms with van der Waals surface area (Å²) in [6.07, 6.45) is 15.1. The van der Waals surface area contributed by atoms with Gasteiger partial charge in [0, 0.05) is 12.6 Å². The van der Waals surface area contributed by atoms with Gasteiger partial charge in [-0.05, 0) is 31.6 Å². The smallest absolute Gasteiger partial charge is 0.315 e. The standard InChI is InChI=1S/C18H36N2O/c1-3-5-7-11-15-19-18(21)20-17(14-6-4-2)16-12-9-8-10-13-16/h16-17H,3-15H2,1-2H3,(H2,19,20,21). The molecule has 1 rings (SSSR count). The Bertz CT molecular complexity index is 262. The van der Waals surface area contributed by atoms with Crippen LogP contribution in [0.5, 0.6) is 0 Å². The van der Waals surface area contributed by atoms with Crippen LogP contribution >= 0.6 is 0 Å². The highest BCUT2D eigenvalue weighted by atomic mass is 16.2. The van der Waals surface area contributed by atoms with Crippen LogP contribution in [0.2, 0.25) is 0 Å². The van der Waals surface area contributed by atoms with Crippen molar-refractivity contribution in [1.82, 2.24) is 10.6 Å². The molecule has 2 amide bonds. The van der Waals surface area contributed by atoms with Crippen LogP contribution in [0.15, 0.2) is 0 Å². The fraction of sp³-hybridized carbons (Fsp3) is 0.944. The molecule has 1 aliphatic rings. The first-order valence-corrected chi connectivity index (χ1v) is 9.32. The Morgan fingerprint density at radius 3 is 2.38 bits per heavy atom. The van der Waals surface area contributed by atoms with E-state index < -0.39 is 0 Å². The molecule has 0 radical (unpaired) electrons. The molecule has 0 aromatic rings. The van der Waals surface area contributed by atoms with Crippen molar-refractivity contribution in [2.75, 3.05) is 6.54 Å². The van der Waals surface area contributed by atoms with Gasteiger partial charge in [-0.2, -0.15) is 0 Å². The van der Waals surface area contributed by atoms with E-state index in [0.717, 1.165) is 19.4 Å². The van der Waals surface area contributed by atoms with E-state index in [1.807, 2.05) is 0 Å². The van der Waals surface area contributed by atoms with E-state index in [4.69, 9.17) is 0 Å². The fourth-order valence-electron chi connectivity index (χ4n) is 3.36. The van der Waals surface area contributed by atoms with Gasteiger partial charge in [-0.15, -0.1) is 0 Å². The largest absolute Gasteiger partial charge is 0.338 e. The molecule has 0 spiro atoms. The molecule has 0 bridgehead atoms. The summed E-state index contributed by atoms with van der Waals surface area (Å²) < 4.78 is 0. The Balaban J connectivity index is 2.27. The molecule has 3 heteroatoms. The van der Waals surface area contributed by atoms with Crippen LogP contribution in [0.3, 0.4) is 0 Å². The number of nitrogens with one attached hydrogen (secondary N) is 2. The predicted octanol–water partition coefficient (Wildman–Crippen LogP) is 5.01. The summed E-state index contributed by atoms with van der Waals surface area (Å²) in [7, 11) is 0. The second-order valence-corrected chi connectivity index (χ2v) is 6.61. The number of hydrogen-bond acceptors (Lipinski definition) is 1. The van der Waals surface area contributed by atoms with Crippen LogP contribution in [0.25, 0.3) is 0 Å². The minimum absolute atomic E-state index is 0.0539. The third-order valence-corrected chi connectivity index (χ3v) is 4.72. The molecule has 1 unspecified atom stereocenters. The molecule has 0 aliphatic heterocycles. The zero-order chi connectivity index (χ0) is 15.3. The zero-order valence-corrected chi connectivity index (χ0v) is 14.3. The predicted molar refractivity (Wildman–Crippen MR) is 90.6 cm³/mol. The second-order valence-electron chi connectivity index (χ2n) is 6.61. The van der Waals surface area contributed by atoms with Crippen LogP contribution in [-0.4, -0.2) is 18.6 Å². The summed E-state index contributed by atoms with van der Waals surface area (Å²) in [6, 6.07) is 0.444. The summed E-state index contributed by atoms with van der Waals surface area (Å²) in [6.45, 7) is 5.26. The van der Waals surface area contributed by atoms with E-state index in [1.54, 1.807) is 0 Å². The van der Waals surface area contributed by atoms with Gasteiger partial charge in [0.25, 0.3) is 0 Å². The van der Waals surface area contributed by atoms with Gasteiger partial charge in [-0.25, -0.2) is 4.79 Å². The van der Waals surface area contributed by atoms with Gasteiger partial charge in [-0.1, -0.05) is 65.2 Å². The third kappa shape index (κ3) is 8.33. The maximum absolute atomic E-state index is 12.1. The number of rotatable bonds is 10. The monoisotopic (exact) mass is 296 g/mol. The molecule has 0 aromatic carbocycles. The van der Waals surface area contributed by atoms with Gasteiger partial charge in [0.15, 0.2) is 0 Å². The molecule has 3 nitrogen and oxygen atoms in total. The Kier molecular flexibility index (Phi) is 10.4. The Morgan fingerprint density at radius 1 is 1.00 bits per heavy atom. The highest BCUT2D eigenvalue weighted by molar-refractivity contribution is 5.74. The maximum atomic E-state index is 12.1. The average Bonchev–Trinajstić information content (AvgIpc) is 2.52. The van der Waals surface area contributed by atoms with Crippen molar-refractivity contribution in [3.8, 4) is 0 Å². The molecular formula is C18H36N2O. The Hall–Kier alpha value is -0.730. The van der Waals surface area contributed by atoms with Crippen molar-refractivity contribution < 1.29 is 4.79 Å². The van der Waals surface area contributed by atoms with E-state index in [2.05, 4.69) is 24.5 Å². The van der Waals surface area contributed by atoms with Gasteiger partial charge in [-0.3, -0.25) is 0 Å². The summed E-state index contributed by atoms with van der Waals surface area (Å²) >= 11 is 0. The van der Waals surface area contributed by atoms with Gasteiger partial charge >= 0.3 is 6.03 Å². The first-order chi connectivity index (χ1) is 10.3. The van der Waals surface area contributed by atoms with E-state index >= 15 is 0 Å². The molecule has 0 aromatic heterocycles. The van der Waals surface area contributed by atoms with Gasteiger partial charge in [0.2, 0.25) is 0 Å². The number of urea groups is 1. The summed E-state index contributed by atoms with van der Waals surface area (Å²) in [4.78, 5) is 12.1. The Labute approximate surface area is 131 Å². The molecule has 2 N–H and O–H groups in total. The lowest BCUT2D eigenvalue weighted by Crippen LogP contribution is -2.46.